The number of carbonyl (C=O) groups is 1. The summed E-state index contributed by atoms with van der Waals surface area (Å²) in [6, 6.07) is 25.1. The molecular formula is C38H49N3O4. The number of anilines is 1. The molecular weight excluding hydrogens is 562 g/mol. The largest absolute Gasteiger partial charge is 0.441 e. The van der Waals surface area contributed by atoms with Crippen LogP contribution in [-0.4, -0.2) is 41.6 Å². The first-order valence-corrected chi connectivity index (χ1v) is 17.0. The SMILES string of the molecule is CCCCCCCCCCC(=O)OC(CC)n1c(=O)oc2c(N3CCN(Cc4cccc(-c5ccccc5)c4)CC3)cccc21. The van der Waals surface area contributed by atoms with E-state index in [1.165, 1.54) is 53.4 Å². The molecule has 0 N–H and O–H groups in total. The van der Waals surface area contributed by atoms with Crippen molar-refractivity contribution in [1.82, 2.24) is 9.47 Å². The molecule has 45 heavy (non-hydrogen) atoms. The van der Waals surface area contributed by atoms with Crippen molar-refractivity contribution >= 4 is 22.8 Å². The monoisotopic (exact) mass is 611 g/mol. The lowest BCUT2D eigenvalue weighted by molar-refractivity contribution is -0.154. The van der Waals surface area contributed by atoms with Crippen LogP contribution in [0.25, 0.3) is 22.2 Å². The van der Waals surface area contributed by atoms with Gasteiger partial charge in [-0.3, -0.25) is 9.69 Å². The van der Waals surface area contributed by atoms with Gasteiger partial charge in [-0.05, 0) is 41.3 Å². The number of nitrogens with zero attached hydrogens (tertiary/aromatic N) is 3. The average Bonchev–Trinajstić information content (AvgIpc) is 3.41. The highest BCUT2D eigenvalue weighted by Crippen LogP contribution is 2.30. The Morgan fingerprint density at radius 3 is 2.22 bits per heavy atom. The normalized spacial score (nSPS) is 14.6. The molecule has 3 aromatic carbocycles. The van der Waals surface area contributed by atoms with Crippen LogP contribution in [0.2, 0.25) is 0 Å². The van der Waals surface area contributed by atoms with E-state index in [-0.39, 0.29) is 5.97 Å². The van der Waals surface area contributed by atoms with E-state index in [4.69, 9.17) is 9.15 Å². The standard InChI is InChI=1S/C38H49N3O4/c1-3-5-6-7-8-9-10-14-23-36(42)44-35(4-2)41-34-22-16-21-33(37(34)45-38(41)43)40-26-24-39(25-27-40)29-30-17-15-20-32(28-30)31-18-12-11-13-19-31/h11-13,15-22,28,35H,3-10,14,23-27,29H2,1-2H3. The molecule has 5 rings (SSSR count). The third kappa shape index (κ3) is 8.66. The quantitative estimate of drug-likeness (QED) is 0.0934. The fraction of sp³-hybridized carbons (Fsp3) is 0.474. The molecule has 0 bridgehead atoms. The lowest BCUT2D eigenvalue weighted by atomic mass is 10.0. The van der Waals surface area contributed by atoms with E-state index in [0.717, 1.165) is 57.7 Å². The Balaban J connectivity index is 1.17. The van der Waals surface area contributed by atoms with Crippen LogP contribution in [0.5, 0.6) is 0 Å². The number of esters is 1. The highest BCUT2D eigenvalue weighted by atomic mass is 16.6. The van der Waals surface area contributed by atoms with Crippen LogP contribution < -0.4 is 10.7 Å². The summed E-state index contributed by atoms with van der Waals surface area (Å²) in [5, 5.41) is 0. The number of aromatic nitrogens is 1. The number of oxazole rings is 1. The van der Waals surface area contributed by atoms with Crippen molar-refractivity contribution < 1.29 is 13.9 Å². The van der Waals surface area contributed by atoms with Crippen molar-refractivity contribution in [2.75, 3.05) is 31.1 Å². The van der Waals surface area contributed by atoms with Gasteiger partial charge in [0.25, 0.3) is 0 Å². The zero-order chi connectivity index (χ0) is 31.4. The van der Waals surface area contributed by atoms with Crippen LogP contribution in [0.4, 0.5) is 5.69 Å². The Kier molecular flexibility index (Phi) is 11.9. The Hall–Kier alpha value is -3.84. The van der Waals surface area contributed by atoms with E-state index in [0.29, 0.717) is 23.9 Å². The molecule has 1 aliphatic heterocycles. The van der Waals surface area contributed by atoms with Gasteiger partial charge >= 0.3 is 11.7 Å². The predicted octanol–water partition coefficient (Wildman–Crippen LogP) is 8.57. The van der Waals surface area contributed by atoms with Gasteiger partial charge in [0, 0.05) is 45.6 Å². The molecule has 7 heteroatoms. The Morgan fingerprint density at radius 1 is 0.800 bits per heavy atom. The van der Waals surface area contributed by atoms with Gasteiger partial charge in [0.1, 0.15) is 0 Å². The molecule has 0 amide bonds. The number of hydrogen-bond donors (Lipinski definition) is 0. The minimum absolute atomic E-state index is 0.254. The lowest BCUT2D eigenvalue weighted by Gasteiger charge is -2.36. The second-order valence-electron chi connectivity index (χ2n) is 12.3. The number of piperazine rings is 1. The van der Waals surface area contributed by atoms with Crippen molar-refractivity contribution in [3.63, 3.8) is 0 Å². The Bertz CT molecular complexity index is 1550. The topological polar surface area (TPSA) is 67.9 Å². The number of carbonyl (C=O) groups excluding carboxylic acids is 1. The third-order valence-electron chi connectivity index (χ3n) is 8.91. The van der Waals surface area contributed by atoms with Gasteiger partial charge < -0.3 is 14.1 Å². The Morgan fingerprint density at radius 2 is 1.49 bits per heavy atom. The number of hydrogen-bond acceptors (Lipinski definition) is 6. The van der Waals surface area contributed by atoms with E-state index in [1.807, 2.05) is 31.2 Å². The highest BCUT2D eigenvalue weighted by Gasteiger charge is 2.25. The maximum atomic E-state index is 13.1. The van der Waals surface area contributed by atoms with Gasteiger partial charge in [0.15, 0.2) is 11.8 Å². The van der Waals surface area contributed by atoms with E-state index < -0.39 is 12.0 Å². The summed E-state index contributed by atoms with van der Waals surface area (Å²) in [6.45, 7) is 8.53. The minimum Gasteiger partial charge on any atom is -0.441 e. The zero-order valence-corrected chi connectivity index (χ0v) is 27.1. The first kappa shape index (κ1) is 32.6. The molecule has 1 aliphatic rings. The minimum atomic E-state index is -0.681. The number of para-hydroxylation sites is 1. The molecule has 1 unspecified atom stereocenters. The van der Waals surface area contributed by atoms with E-state index in [2.05, 4.69) is 65.3 Å². The average molecular weight is 612 g/mol. The zero-order valence-electron chi connectivity index (χ0n) is 27.1. The molecule has 1 aromatic heterocycles. The van der Waals surface area contributed by atoms with Crippen molar-refractivity contribution in [2.24, 2.45) is 0 Å². The number of unbranched alkanes of at least 4 members (excludes halogenated alkanes) is 7. The molecule has 0 radical (unpaired) electrons. The summed E-state index contributed by atoms with van der Waals surface area (Å²) in [5.74, 6) is -0.739. The fourth-order valence-corrected chi connectivity index (χ4v) is 6.38. The summed E-state index contributed by atoms with van der Waals surface area (Å²) >= 11 is 0. The lowest BCUT2D eigenvalue weighted by Crippen LogP contribution is -2.46. The number of benzene rings is 3. The van der Waals surface area contributed by atoms with Crippen LogP contribution in [0, 0.1) is 0 Å². The summed E-state index contributed by atoms with van der Waals surface area (Å²) in [5.41, 5.74) is 5.91. The fourth-order valence-electron chi connectivity index (χ4n) is 6.38. The smallest absolute Gasteiger partial charge is 0.423 e. The first-order chi connectivity index (χ1) is 22.1. The van der Waals surface area contributed by atoms with Crippen LogP contribution >= 0.6 is 0 Å². The number of ether oxygens (including phenoxy) is 1. The number of fused-ring (bicyclic) bond motifs is 1. The summed E-state index contributed by atoms with van der Waals surface area (Å²) in [4.78, 5) is 30.6. The molecule has 1 fully saturated rings. The maximum absolute atomic E-state index is 13.1. The molecule has 1 saturated heterocycles. The van der Waals surface area contributed by atoms with Crippen molar-refractivity contribution in [2.45, 2.75) is 90.8 Å². The first-order valence-electron chi connectivity index (χ1n) is 17.0. The van der Waals surface area contributed by atoms with E-state index in [1.54, 1.807) is 0 Å². The highest BCUT2D eigenvalue weighted by molar-refractivity contribution is 5.87. The van der Waals surface area contributed by atoms with E-state index in [9.17, 15) is 9.59 Å². The predicted molar refractivity (Wildman–Crippen MR) is 182 cm³/mol. The second-order valence-corrected chi connectivity index (χ2v) is 12.3. The maximum Gasteiger partial charge on any atom is 0.423 e. The van der Waals surface area contributed by atoms with Gasteiger partial charge in [0.05, 0.1) is 11.2 Å². The van der Waals surface area contributed by atoms with E-state index >= 15 is 0 Å². The van der Waals surface area contributed by atoms with Crippen molar-refractivity contribution in [3.05, 3.63) is 88.9 Å². The number of rotatable bonds is 16. The molecule has 0 aliphatic carbocycles. The molecule has 1 atom stereocenters. The molecule has 0 saturated carbocycles. The van der Waals surface area contributed by atoms with Gasteiger partial charge in [-0.25, -0.2) is 9.36 Å². The molecule has 4 aromatic rings. The summed E-state index contributed by atoms with van der Waals surface area (Å²) in [7, 11) is 0. The van der Waals surface area contributed by atoms with Crippen molar-refractivity contribution in [1.29, 1.82) is 0 Å². The molecule has 0 spiro atoms. The molecule has 240 valence electrons. The van der Waals surface area contributed by atoms with Gasteiger partial charge in [-0.2, -0.15) is 0 Å². The van der Waals surface area contributed by atoms with Crippen LogP contribution in [0.3, 0.4) is 0 Å². The van der Waals surface area contributed by atoms with Gasteiger partial charge in [0.2, 0.25) is 0 Å². The van der Waals surface area contributed by atoms with Crippen molar-refractivity contribution in [3.8, 4) is 11.1 Å². The molecule has 2 heterocycles. The summed E-state index contributed by atoms with van der Waals surface area (Å²) < 4.78 is 13.2. The van der Waals surface area contributed by atoms with Crippen LogP contribution in [0.1, 0.15) is 89.8 Å². The Labute approximate surface area is 267 Å². The van der Waals surface area contributed by atoms with Crippen LogP contribution in [0.15, 0.2) is 82.0 Å². The third-order valence-corrected chi connectivity index (χ3v) is 8.91. The van der Waals surface area contributed by atoms with Gasteiger partial charge in [-0.15, -0.1) is 0 Å². The second kappa shape index (κ2) is 16.5. The molecule has 7 nitrogen and oxygen atoms in total. The van der Waals surface area contributed by atoms with Crippen LogP contribution in [-0.2, 0) is 16.1 Å². The summed E-state index contributed by atoms with van der Waals surface area (Å²) in [6.07, 6.45) is 9.54. The van der Waals surface area contributed by atoms with Gasteiger partial charge in [-0.1, -0.05) is 113 Å².